The Morgan fingerprint density at radius 1 is 0.947 bits per heavy atom. The van der Waals surface area contributed by atoms with Gasteiger partial charge in [0.25, 0.3) is 0 Å². The number of aromatic nitrogens is 1. The molecule has 0 spiro atoms. The van der Waals surface area contributed by atoms with Crippen molar-refractivity contribution in [2.45, 2.75) is 139 Å². The molecule has 310 valence electrons. The summed E-state index contributed by atoms with van der Waals surface area (Å²) >= 11 is 2.75. The van der Waals surface area contributed by atoms with Crippen molar-refractivity contribution in [3.8, 4) is 5.75 Å². The summed E-state index contributed by atoms with van der Waals surface area (Å²) < 4.78 is 20.2. The minimum absolute atomic E-state index is 0.0392. The molecule has 3 fully saturated rings. The van der Waals surface area contributed by atoms with Gasteiger partial charge in [0, 0.05) is 30.8 Å². The van der Waals surface area contributed by atoms with Crippen molar-refractivity contribution in [3.05, 3.63) is 85.0 Å². The first kappa shape index (κ1) is 42.2. The van der Waals surface area contributed by atoms with Crippen LogP contribution in [-0.2, 0) is 24.3 Å². The second-order valence-electron chi connectivity index (χ2n) is 18.3. The molecule has 3 aromatic heterocycles. The van der Waals surface area contributed by atoms with Crippen LogP contribution in [0.4, 0.5) is 0 Å². The molecule has 0 aliphatic carbocycles. The Labute approximate surface area is 346 Å². The average Bonchev–Trinajstić information content (AvgIpc) is 3.45. The third-order valence-corrected chi connectivity index (χ3v) is 19.9. The van der Waals surface area contributed by atoms with E-state index in [4.69, 9.17) is 13.9 Å². The van der Waals surface area contributed by atoms with Crippen LogP contribution in [-0.4, -0.2) is 91.0 Å². The SMILES string of the molecule is CC(C)(C)[Si](C)(C)O[C@@H](CNCCCCCCCCC[N+]1(C)C2CC(OC(=O)C(O)(c3cccs3)c3cccs3)CC1C1OC12)c1ccc(O)c2[nH]c(=O)ccc12. The second-order valence-corrected chi connectivity index (χ2v) is 24.9. The average molecular weight is 837 g/mol. The quantitative estimate of drug-likeness (QED) is 0.0244. The highest BCUT2D eigenvalue weighted by molar-refractivity contribution is 7.12. The van der Waals surface area contributed by atoms with Gasteiger partial charge in [0.2, 0.25) is 11.2 Å². The monoisotopic (exact) mass is 836 g/mol. The van der Waals surface area contributed by atoms with Gasteiger partial charge in [-0.15, -0.1) is 22.7 Å². The van der Waals surface area contributed by atoms with Crippen molar-refractivity contribution in [3.63, 3.8) is 0 Å². The Hall–Kier alpha value is -2.88. The molecule has 4 unspecified atom stereocenters. The molecule has 0 amide bonds. The minimum atomic E-state index is -2.12. The van der Waals surface area contributed by atoms with Gasteiger partial charge in [-0.25, -0.2) is 4.79 Å². The Balaban J connectivity index is 0.831. The van der Waals surface area contributed by atoms with Gasteiger partial charge in [0.05, 0.1) is 35.0 Å². The van der Waals surface area contributed by atoms with Crippen molar-refractivity contribution < 1.29 is 33.4 Å². The molecule has 4 aromatic rings. The number of nitrogens with one attached hydrogen (secondary N) is 2. The van der Waals surface area contributed by atoms with E-state index in [0.717, 1.165) is 47.8 Å². The van der Waals surface area contributed by atoms with Crippen LogP contribution in [0.25, 0.3) is 10.9 Å². The summed E-state index contributed by atoms with van der Waals surface area (Å²) in [6, 6.07) is 14.9. The number of H-pyrrole nitrogens is 1. The standard InChI is InChI=1S/C44H61N3O7S2Si/c1-43(2,3)57(5,6)54-35(30-18-20-34(48)39-31(30)19-21-38(49)46-39)28-45-22-12-10-8-7-9-11-13-23-47(4)32-26-29(27-33(47)41-40(32)53-41)52-42(50)44(51,36-16-14-24-55-36)37-17-15-25-56-37/h14-21,24-25,29,32-33,35,40-41,45,51H,7-13,22-23,26-28H2,1-6H3,(H-,46,48,49)/p+1/t29?,32?,33?,35-,40?,41?,47?/m0/s1. The Bertz CT molecular complexity index is 1980. The van der Waals surface area contributed by atoms with Crippen molar-refractivity contribution in [1.29, 1.82) is 0 Å². The minimum Gasteiger partial charge on any atom is -0.506 e. The summed E-state index contributed by atoms with van der Waals surface area (Å²) in [6.45, 7) is 13.9. The van der Waals surface area contributed by atoms with E-state index in [9.17, 15) is 19.8 Å². The number of likely N-dealkylation sites (N-methyl/N-ethyl adjacent to an activating group) is 1. The number of phenols is 1. The molecule has 3 saturated heterocycles. The molecule has 0 saturated carbocycles. The number of fused-ring (bicyclic) bond motifs is 6. The van der Waals surface area contributed by atoms with E-state index in [1.807, 2.05) is 41.1 Å². The molecule has 6 heterocycles. The van der Waals surface area contributed by atoms with E-state index in [0.29, 0.717) is 33.9 Å². The number of aromatic hydroxyl groups is 1. The molecule has 57 heavy (non-hydrogen) atoms. The number of morpholine rings is 1. The number of quaternary nitrogens is 1. The highest BCUT2D eigenvalue weighted by atomic mass is 32.1. The number of esters is 1. The zero-order chi connectivity index (χ0) is 40.6. The Morgan fingerprint density at radius 2 is 1.56 bits per heavy atom. The summed E-state index contributed by atoms with van der Waals surface area (Å²) in [4.78, 5) is 29.7. The van der Waals surface area contributed by atoms with Gasteiger partial charge in [-0.1, -0.05) is 64.7 Å². The summed E-state index contributed by atoms with van der Waals surface area (Å²) in [7, 11) is 0.263. The maximum absolute atomic E-state index is 13.7. The number of ether oxygens (including phenoxy) is 2. The second kappa shape index (κ2) is 17.0. The number of benzene rings is 1. The van der Waals surface area contributed by atoms with E-state index in [1.54, 1.807) is 12.1 Å². The molecular weight excluding hydrogens is 775 g/mol. The molecule has 10 nitrogen and oxygen atoms in total. The molecule has 13 heteroatoms. The lowest BCUT2D eigenvalue weighted by molar-refractivity contribution is -0.956. The number of aromatic amines is 1. The molecule has 5 atom stereocenters. The number of nitrogens with zero attached hydrogens (tertiary/aromatic N) is 1. The van der Waals surface area contributed by atoms with E-state index in [1.165, 1.54) is 67.3 Å². The highest BCUT2D eigenvalue weighted by Gasteiger charge is 2.72. The predicted molar refractivity (Wildman–Crippen MR) is 230 cm³/mol. The van der Waals surface area contributed by atoms with Crippen LogP contribution in [0.1, 0.15) is 100.0 Å². The lowest BCUT2D eigenvalue weighted by atomic mass is 9.94. The van der Waals surface area contributed by atoms with Gasteiger partial charge in [0.1, 0.15) is 36.1 Å². The first-order valence-corrected chi connectivity index (χ1v) is 25.6. The highest BCUT2D eigenvalue weighted by Crippen LogP contribution is 2.53. The number of piperidine rings is 1. The molecule has 3 aliphatic heterocycles. The maximum Gasteiger partial charge on any atom is 0.349 e. The zero-order valence-corrected chi connectivity index (χ0v) is 37.1. The van der Waals surface area contributed by atoms with Crippen molar-refractivity contribution in [2.24, 2.45) is 0 Å². The summed E-state index contributed by atoms with van der Waals surface area (Å²) in [6.07, 6.45) is 9.99. The largest absolute Gasteiger partial charge is 0.506 e. The third kappa shape index (κ3) is 8.73. The van der Waals surface area contributed by atoms with Crippen molar-refractivity contribution >= 4 is 47.9 Å². The number of hydrogen-bond acceptors (Lipinski definition) is 10. The van der Waals surface area contributed by atoms with Gasteiger partial charge >= 0.3 is 5.97 Å². The van der Waals surface area contributed by atoms with Crippen LogP contribution in [0, 0.1) is 0 Å². The van der Waals surface area contributed by atoms with Crippen molar-refractivity contribution in [2.75, 3.05) is 26.7 Å². The number of carbonyl (C=O) groups excluding carboxylic acids is 1. The molecule has 4 N–H and O–H groups in total. The summed E-state index contributed by atoms with van der Waals surface area (Å²) in [5.41, 5.74) is -0.581. The van der Waals surface area contributed by atoms with Crippen LogP contribution < -0.4 is 10.9 Å². The van der Waals surface area contributed by atoms with Gasteiger partial charge in [-0.2, -0.15) is 0 Å². The number of rotatable bonds is 19. The lowest BCUT2D eigenvalue weighted by Crippen LogP contribution is -2.63. The van der Waals surface area contributed by atoms with Crippen LogP contribution >= 0.6 is 22.7 Å². The number of hydrogen-bond donors (Lipinski definition) is 4. The number of aliphatic hydroxyl groups is 1. The smallest absolute Gasteiger partial charge is 0.349 e. The van der Waals surface area contributed by atoms with Gasteiger partial charge < -0.3 is 38.9 Å². The lowest BCUT2D eigenvalue weighted by Gasteiger charge is -2.48. The predicted octanol–water partition coefficient (Wildman–Crippen LogP) is 8.35. The van der Waals surface area contributed by atoms with E-state index in [-0.39, 0.29) is 40.8 Å². The van der Waals surface area contributed by atoms with Crippen molar-refractivity contribution in [1.82, 2.24) is 10.3 Å². The van der Waals surface area contributed by atoms with Crippen LogP contribution in [0.3, 0.4) is 0 Å². The topological polar surface area (TPSA) is 133 Å². The number of phenolic OH excluding ortho intramolecular Hbond substituents is 1. The first-order valence-electron chi connectivity index (χ1n) is 20.9. The van der Waals surface area contributed by atoms with Gasteiger partial charge in [0.15, 0.2) is 8.32 Å². The fourth-order valence-corrected chi connectivity index (χ4v) is 12.1. The third-order valence-electron chi connectivity index (χ3n) is 13.5. The van der Waals surface area contributed by atoms with E-state index >= 15 is 0 Å². The number of epoxide rings is 1. The molecule has 7 rings (SSSR count). The normalized spacial score (nSPS) is 25.1. The van der Waals surface area contributed by atoms with Gasteiger partial charge in [-0.3, -0.25) is 4.79 Å². The Kier molecular flexibility index (Phi) is 12.6. The summed E-state index contributed by atoms with van der Waals surface area (Å²) in [5.74, 6) is -0.504. The number of thiophene rings is 2. The summed E-state index contributed by atoms with van der Waals surface area (Å²) in [5, 5.41) is 30.5. The van der Waals surface area contributed by atoms with Crippen LogP contribution in [0.15, 0.2) is 64.1 Å². The molecule has 0 radical (unpaired) electrons. The number of pyridine rings is 1. The van der Waals surface area contributed by atoms with Crippen LogP contribution in [0.2, 0.25) is 18.1 Å². The van der Waals surface area contributed by atoms with Crippen LogP contribution in [0.5, 0.6) is 5.75 Å². The molecular formula is C44H62N3O7S2Si+. The fraction of sp³-hybridized carbons (Fsp3) is 0.591. The number of carbonyl (C=O) groups is 1. The number of unbranched alkanes of at least 4 members (excludes halogenated alkanes) is 6. The van der Waals surface area contributed by atoms with E-state index < -0.39 is 19.9 Å². The molecule has 1 aromatic carbocycles. The Morgan fingerprint density at radius 3 is 2.16 bits per heavy atom. The van der Waals surface area contributed by atoms with Gasteiger partial charge in [-0.05, 0) is 84.5 Å². The van der Waals surface area contributed by atoms with E-state index in [2.05, 4.69) is 51.2 Å². The maximum atomic E-state index is 13.7. The first-order chi connectivity index (χ1) is 27.1. The fourth-order valence-electron chi connectivity index (χ4n) is 9.12. The zero-order valence-electron chi connectivity index (χ0n) is 34.4. The molecule has 2 bridgehead atoms. The molecule has 3 aliphatic rings.